The molecule has 0 heterocycles. The Labute approximate surface area is 374 Å². The third kappa shape index (κ3) is 46.1. The van der Waals surface area contributed by atoms with E-state index in [1.54, 1.807) is 6.08 Å². The SMILES string of the molecule is CCCCCCCCCC/C=C/C(O)C(CO)NC(=O)CCCCCCCCCCCCCCCCCCCOC(=O)CCCCCCCCCCCCCCCCCC. The average molecular weight is 848 g/mol. The van der Waals surface area contributed by atoms with Crippen molar-refractivity contribution >= 4 is 11.9 Å². The van der Waals surface area contributed by atoms with Gasteiger partial charge >= 0.3 is 5.97 Å². The number of ether oxygens (including phenoxy) is 1. The normalized spacial score (nSPS) is 12.7. The Hall–Kier alpha value is -1.40. The van der Waals surface area contributed by atoms with Gasteiger partial charge in [-0.1, -0.05) is 264 Å². The van der Waals surface area contributed by atoms with E-state index in [1.165, 1.54) is 231 Å². The summed E-state index contributed by atoms with van der Waals surface area (Å²) in [6.07, 6.45) is 58.0. The van der Waals surface area contributed by atoms with Crippen LogP contribution in [0, 0.1) is 0 Å². The summed E-state index contributed by atoms with van der Waals surface area (Å²) in [5, 5.41) is 22.9. The quantitative estimate of drug-likeness (QED) is 0.0322. The maximum absolute atomic E-state index is 12.4. The van der Waals surface area contributed by atoms with Crippen LogP contribution in [0.25, 0.3) is 0 Å². The summed E-state index contributed by atoms with van der Waals surface area (Å²) >= 11 is 0. The molecule has 0 aliphatic rings. The van der Waals surface area contributed by atoms with Gasteiger partial charge in [0.05, 0.1) is 25.4 Å². The molecule has 6 nitrogen and oxygen atoms in total. The second-order valence-corrected chi connectivity index (χ2v) is 18.6. The zero-order valence-corrected chi connectivity index (χ0v) is 40.5. The van der Waals surface area contributed by atoms with E-state index in [2.05, 4.69) is 19.2 Å². The molecule has 0 aliphatic heterocycles. The highest BCUT2D eigenvalue weighted by Gasteiger charge is 2.18. The smallest absolute Gasteiger partial charge is 0.305 e. The van der Waals surface area contributed by atoms with Gasteiger partial charge in [0, 0.05) is 12.8 Å². The monoisotopic (exact) mass is 848 g/mol. The molecule has 0 bridgehead atoms. The van der Waals surface area contributed by atoms with Crippen molar-refractivity contribution in [2.24, 2.45) is 0 Å². The van der Waals surface area contributed by atoms with Crippen molar-refractivity contribution in [3.8, 4) is 0 Å². The van der Waals surface area contributed by atoms with Crippen LogP contribution in [0.1, 0.15) is 296 Å². The number of hydrogen-bond acceptors (Lipinski definition) is 5. The first kappa shape index (κ1) is 58.6. The molecule has 1 amide bonds. The Morgan fingerprint density at radius 3 is 1.13 bits per heavy atom. The second-order valence-electron chi connectivity index (χ2n) is 18.6. The lowest BCUT2D eigenvalue weighted by atomic mass is 10.0. The number of esters is 1. The molecule has 0 rings (SSSR count). The van der Waals surface area contributed by atoms with E-state index >= 15 is 0 Å². The Kier molecular flexibility index (Phi) is 49.1. The van der Waals surface area contributed by atoms with Gasteiger partial charge in [-0.15, -0.1) is 0 Å². The predicted octanol–water partition coefficient (Wildman–Crippen LogP) is 16.1. The van der Waals surface area contributed by atoms with Crippen LogP contribution in [0.5, 0.6) is 0 Å². The van der Waals surface area contributed by atoms with E-state index in [4.69, 9.17) is 4.74 Å². The minimum absolute atomic E-state index is 0.00783. The Morgan fingerprint density at radius 2 is 0.767 bits per heavy atom. The molecule has 3 N–H and O–H groups in total. The van der Waals surface area contributed by atoms with Crippen molar-refractivity contribution in [2.45, 2.75) is 309 Å². The van der Waals surface area contributed by atoms with Gasteiger partial charge in [0.1, 0.15) is 0 Å². The summed E-state index contributed by atoms with van der Waals surface area (Å²) in [7, 11) is 0. The molecule has 2 unspecified atom stereocenters. The first-order valence-electron chi connectivity index (χ1n) is 27.0. The second kappa shape index (κ2) is 50.2. The van der Waals surface area contributed by atoms with Crippen LogP contribution in [-0.4, -0.2) is 47.4 Å². The molecule has 356 valence electrons. The molecule has 0 saturated heterocycles. The summed E-state index contributed by atoms with van der Waals surface area (Å²) in [5.41, 5.74) is 0. The van der Waals surface area contributed by atoms with Gasteiger partial charge in [-0.25, -0.2) is 0 Å². The molecule has 6 heteroatoms. The van der Waals surface area contributed by atoms with Gasteiger partial charge in [0.15, 0.2) is 0 Å². The fourth-order valence-corrected chi connectivity index (χ4v) is 8.40. The summed E-state index contributed by atoms with van der Waals surface area (Å²) in [4.78, 5) is 24.4. The lowest BCUT2D eigenvalue weighted by Crippen LogP contribution is -2.45. The Morgan fingerprint density at radius 1 is 0.450 bits per heavy atom. The van der Waals surface area contributed by atoms with Gasteiger partial charge in [-0.3, -0.25) is 9.59 Å². The first-order chi connectivity index (χ1) is 29.5. The summed E-state index contributed by atoms with van der Waals surface area (Å²) in [5.74, 6) is -0.0665. The Balaban J connectivity index is 3.39. The number of rotatable bonds is 50. The minimum Gasteiger partial charge on any atom is -0.466 e. The van der Waals surface area contributed by atoms with Crippen molar-refractivity contribution in [3.05, 3.63) is 12.2 Å². The van der Waals surface area contributed by atoms with E-state index in [0.717, 1.165) is 38.5 Å². The number of nitrogens with one attached hydrogen (secondary N) is 1. The van der Waals surface area contributed by atoms with E-state index in [-0.39, 0.29) is 18.5 Å². The molecule has 0 saturated carbocycles. The van der Waals surface area contributed by atoms with Crippen molar-refractivity contribution < 1.29 is 24.5 Å². The fourth-order valence-electron chi connectivity index (χ4n) is 8.40. The van der Waals surface area contributed by atoms with Crippen LogP contribution >= 0.6 is 0 Å². The predicted molar refractivity (Wildman–Crippen MR) is 260 cm³/mol. The molecule has 0 radical (unpaired) electrons. The highest BCUT2D eigenvalue weighted by Crippen LogP contribution is 2.17. The van der Waals surface area contributed by atoms with Crippen LogP contribution in [0.4, 0.5) is 0 Å². The molecule has 0 aliphatic carbocycles. The number of aliphatic hydroxyl groups excluding tert-OH is 2. The van der Waals surface area contributed by atoms with Crippen LogP contribution in [0.2, 0.25) is 0 Å². The van der Waals surface area contributed by atoms with Gasteiger partial charge in [0.25, 0.3) is 0 Å². The standard InChI is InChI=1S/C54H105NO5/c1-3-5-7-9-11-13-15-16-17-22-25-28-32-36-40-44-48-54(59)60-49-45-41-37-33-29-26-23-20-18-19-21-24-27-31-35-39-43-47-53(58)55-51(50-56)52(57)46-42-38-34-30-14-12-10-8-6-4-2/h42,46,51-52,56-57H,3-41,43-45,47-50H2,1-2H3,(H,55,58)/b46-42+. The van der Waals surface area contributed by atoms with Gasteiger partial charge in [-0.05, 0) is 32.1 Å². The number of aliphatic hydroxyl groups is 2. The zero-order chi connectivity index (χ0) is 43.7. The number of hydrogen-bond donors (Lipinski definition) is 3. The van der Waals surface area contributed by atoms with Crippen LogP contribution in [-0.2, 0) is 14.3 Å². The third-order valence-electron chi connectivity index (χ3n) is 12.6. The molecular weight excluding hydrogens is 743 g/mol. The van der Waals surface area contributed by atoms with E-state index in [0.29, 0.717) is 19.4 Å². The number of unbranched alkanes of at least 4 members (excludes halogenated alkanes) is 39. The van der Waals surface area contributed by atoms with E-state index < -0.39 is 12.1 Å². The van der Waals surface area contributed by atoms with E-state index in [1.807, 2.05) is 6.08 Å². The maximum Gasteiger partial charge on any atom is 0.305 e. The molecule has 0 spiro atoms. The molecule has 2 atom stereocenters. The van der Waals surface area contributed by atoms with Crippen molar-refractivity contribution in [3.63, 3.8) is 0 Å². The highest BCUT2D eigenvalue weighted by atomic mass is 16.5. The summed E-state index contributed by atoms with van der Waals surface area (Å²) in [6, 6.07) is -0.629. The van der Waals surface area contributed by atoms with Crippen LogP contribution in [0.3, 0.4) is 0 Å². The maximum atomic E-state index is 12.4. The van der Waals surface area contributed by atoms with Crippen molar-refractivity contribution in [2.75, 3.05) is 13.2 Å². The zero-order valence-electron chi connectivity index (χ0n) is 40.5. The van der Waals surface area contributed by atoms with Crippen molar-refractivity contribution in [1.29, 1.82) is 0 Å². The van der Waals surface area contributed by atoms with Gasteiger partial charge in [-0.2, -0.15) is 0 Å². The molecule has 0 aromatic heterocycles. The molecule has 0 fully saturated rings. The minimum atomic E-state index is -0.845. The van der Waals surface area contributed by atoms with Gasteiger partial charge in [0.2, 0.25) is 5.91 Å². The number of allylic oxidation sites excluding steroid dienone is 1. The lowest BCUT2D eigenvalue weighted by Gasteiger charge is -2.20. The summed E-state index contributed by atoms with van der Waals surface area (Å²) < 4.78 is 5.48. The number of amides is 1. The summed E-state index contributed by atoms with van der Waals surface area (Å²) in [6.45, 7) is 4.88. The topological polar surface area (TPSA) is 95.9 Å². The van der Waals surface area contributed by atoms with Crippen molar-refractivity contribution in [1.82, 2.24) is 5.32 Å². The molecule has 60 heavy (non-hydrogen) atoms. The molecule has 0 aromatic carbocycles. The highest BCUT2D eigenvalue weighted by molar-refractivity contribution is 5.76. The first-order valence-corrected chi connectivity index (χ1v) is 27.0. The number of carbonyl (C=O) groups excluding carboxylic acids is 2. The average Bonchev–Trinajstić information content (AvgIpc) is 3.25. The largest absolute Gasteiger partial charge is 0.466 e. The number of carbonyl (C=O) groups is 2. The lowest BCUT2D eigenvalue weighted by molar-refractivity contribution is -0.143. The molecule has 0 aromatic rings. The fraction of sp³-hybridized carbons (Fsp3) is 0.926. The van der Waals surface area contributed by atoms with Crippen LogP contribution in [0.15, 0.2) is 12.2 Å². The van der Waals surface area contributed by atoms with Gasteiger partial charge < -0.3 is 20.3 Å². The van der Waals surface area contributed by atoms with Crippen LogP contribution < -0.4 is 5.32 Å². The third-order valence-corrected chi connectivity index (χ3v) is 12.6. The molecular formula is C54H105NO5. The Bertz CT molecular complexity index is 893. The van der Waals surface area contributed by atoms with E-state index in [9.17, 15) is 19.8 Å².